The Morgan fingerprint density at radius 1 is 1.05 bits per heavy atom. The lowest BCUT2D eigenvalue weighted by molar-refractivity contribution is -0.142. The third kappa shape index (κ3) is 2.76. The molecule has 0 radical (unpaired) electrons. The van der Waals surface area contributed by atoms with E-state index in [1.54, 1.807) is 6.92 Å². The van der Waals surface area contributed by atoms with E-state index in [4.69, 9.17) is 0 Å². The molecule has 2 N–H and O–H groups in total. The molecular weight excluding hydrogens is 238 g/mol. The van der Waals surface area contributed by atoms with Gasteiger partial charge in [0, 0.05) is 5.69 Å². The zero-order valence-corrected chi connectivity index (χ0v) is 11.1. The maximum Gasteiger partial charge on any atom is 0.333 e. The number of aryl methyl sites for hydroxylation is 1. The predicted octanol–water partition coefficient (Wildman–Crippen LogP) is 3.41. The number of hydrogen-bond donors (Lipinski definition) is 2. The Morgan fingerprint density at radius 3 is 2.16 bits per heavy atom. The number of benzene rings is 2. The second kappa shape index (κ2) is 5.14. The van der Waals surface area contributed by atoms with Gasteiger partial charge in [-0.15, -0.1) is 0 Å². The van der Waals surface area contributed by atoms with Crippen LogP contribution in [0.3, 0.4) is 0 Å². The van der Waals surface area contributed by atoms with E-state index in [1.807, 2.05) is 61.5 Å². The number of carboxylic acids is 1. The van der Waals surface area contributed by atoms with Gasteiger partial charge in [-0.25, -0.2) is 4.79 Å². The number of anilines is 1. The van der Waals surface area contributed by atoms with Crippen molar-refractivity contribution in [2.45, 2.75) is 19.4 Å². The topological polar surface area (TPSA) is 49.3 Å². The quantitative estimate of drug-likeness (QED) is 0.880. The van der Waals surface area contributed by atoms with E-state index in [0.29, 0.717) is 0 Å². The molecular formula is C16H17NO2. The van der Waals surface area contributed by atoms with Crippen molar-refractivity contribution in [3.05, 3.63) is 65.7 Å². The molecule has 0 aromatic heterocycles. The van der Waals surface area contributed by atoms with Gasteiger partial charge < -0.3 is 10.4 Å². The highest BCUT2D eigenvalue weighted by atomic mass is 16.4. The minimum absolute atomic E-state index is 0.725. The summed E-state index contributed by atoms with van der Waals surface area (Å²) >= 11 is 0. The molecule has 0 amide bonds. The molecule has 0 unspecified atom stereocenters. The molecule has 0 aliphatic rings. The first-order chi connectivity index (χ1) is 9.02. The summed E-state index contributed by atoms with van der Waals surface area (Å²) in [5.41, 5.74) is 1.51. The van der Waals surface area contributed by atoms with Gasteiger partial charge in [-0.2, -0.15) is 0 Å². The van der Waals surface area contributed by atoms with Gasteiger partial charge in [0.1, 0.15) is 0 Å². The van der Waals surface area contributed by atoms with Gasteiger partial charge in [0.25, 0.3) is 0 Å². The Bertz CT molecular complexity index is 563. The molecule has 0 saturated heterocycles. The van der Waals surface area contributed by atoms with Crippen molar-refractivity contribution >= 4 is 11.7 Å². The van der Waals surface area contributed by atoms with Crippen LogP contribution in [0.2, 0.25) is 0 Å². The minimum atomic E-state index is -1.14. The van der Waals surface area contributed by atoms with Gasteiger partial charge >= 0.3 is 5.97 Å². The first-order valence-electron chi connectivity index (χ1n) is 6.16. The van der Waals surface area contributed by atoms with E-state index < -0.39 is 11.5 Å². The normalized spacial score (nSPS) is 13.6. The van der Waals surface area contributed by atoms with Crippen LogP contribution in [0.4, 0.5) is 5.69 Å². The average Bonchev–Trinajstić information content (AvgIpc) is 2.42. The molecule has 0 heterocycles. The lowest BCUT2D eigenvalue weighted by Gasteiger charge is -2.28. The second-order valence-corrected chi connectivity index (χ2v) is 4.79. The number of carbonyl (C=O) groups is 1. The summed E-state index contributed by atoms with van der Waals surface area (Å²) in [4.78, 5) is 11.6. The molecule has 0 fully saturated rings. The predicted molar refractivity (Wildman–Crippen MR) is 76.2 cm³/mol. The van der Waals surface area contributed by atoms with Crippen LogP contribution in [0.5, 0.6) is 0 Å². The second-order valence-electron chi connectivity index (χ2n) is 4.79. The zero-order chi connectivity index (χ0) is 13.9. The van der Waals surface area contributed by atoms with Crippen LogP contribution >= 0.6 is 0 Å². The van der Waals surface area contributed by atoms with Crippen molar-refractivity contribution in [1.82, 2.24) is 0 Å². The summed E-state index contributed by atoms with van der Waals surface area (Å²) in [6.07, 6.45) is 0. The average molecular weight is 255 g/mol. The van der Waals surface area contributed by atoms with Crippen LogP contribution in [0, 0.1) is 6.92 Å². The Kier molecular flexibility index (Phi) is 3.56. The van der Waals surface area contributed by atoms with E-state index >= 15 is 0 Å². The van der Waals surface area contributed by atoms with Crippen LogP contribution in [-0.4, -0.2) is 11.1 Å². The van der Waals surface area contributed by atoms with E-state index in [9.17, 15) is 9.90 Å². The van der Waals surface area contributed by atoms with Crippen LogP contribution in [0.15, 0.2) is 54.6 Å². The third-order valence-electron chi connectivity index (χ3n) is 3.22. The van der Waals surface area contributed by atoms with Crippen LogP contribution in [0.1, 0.15) is 18.1 Å². The fraction of sp³-hybridized carbons (Fsp3) is 0.188. The van der Waals surface area contributed by atoms with Crippen LogP contribution < -0.4 is 5.32 Å². The molecule has 3 heteroatoms. The molecule has 0 aliphatic heterocycles. The third-order valence-corrected chi connectivity index (χ3v) is 3.22. The molecule has 0 spiro atoms. The largest absolute Gasteiger partial charge is 0.479 e. The van der Waals surface area contributed by atoms with Gasteiger partial charge in [-0.05, 0) is 31.5 Å². The number of hydrogen-bond acceptors (Lipinski definition) is 2. The molecule has 2 aromatic rings. The monoisotopic (exact) mass is 255 g/mol. The Morgan fingerprint density at radius 2 is 1.63 bits per heavy atom. The Hall–Kier alpha value is -2.29. The van der Waals surface area contributed by atoms with Crippen molar-refractivity contribution in [2.75, 3.05) is 5.32 Å². The molecule has 0 bridgehead atoms. The van der Waals surface area contributed by atoms with E-state index in [1.165, 1.54) is 0 Å². The SMILES string of the molecule is Cc1ccc(N[C@@](C)(C(=O)O)c2ccccc2)cc1. The minimum Gasteiger partial charge on any atom is -0.479 e. The highest BCUT2D eigenvalue weighted by molar-refractivity contribution is 5.84. The fourth-order valence-corrected chi connectivity index (χ4v) is 1.95. The van der Waals surface area contributed by atoms with Crippen molar-refractivity contribution in [1.29, 1.82) is 0 Å². The molecule has 98 valence electrons. The lowest BCUT2D eigenvalue weighted by atomic mass is 9.91. The molecule has 2 rings (SSSR count). The molecule has 19 heavy (non-hydrogen) atoms. The number of rotatable bonds is 4. The summed E-state index contributed by atoms with van der Waals surface area (Å²) in [5.74, 6) is -0.903. The summed E-state index contributed by atoms with van der Waals surface area (Å²) in [6, 6.07) is 16.9. The van der Waals surface area contributed by atoms with Gasteiger partial charge in [0.15, 0.2) is 5.54 Å². The number of carboxylic acid groups (broad SMARTS) is 1. The van der Waals surface area contributed by atoms with E-state index in [2.05, 4.69) is 5.32 Å². The van der Waals surface area contributed by atoms with Gasteiger partial charge in [-0.1, -0.05) is 48.0 Å². The first-order valence-corrected chi connectivity index (χ1v) is 6.16. The standard InChI is InChI=1S/C16H17NO2/c1-12-8-10-14(11-9-12)17-16(2,15(18)19)13-6-4-3-5-7-13/h3-11,17H,1-2H3,(H,18,19)/t16-/m1/s1. The maximum atomic E-state index is 11.6. The molecule has 3 nitrogen and oxygen atoms in total. The highest BCUT2D eigenvalue weighted by Gasteiger charge is 2.34. The Labute approximate surface area is 112 Å². The summed E-state index contributed by atoms with van der Waals surface area (Å²) in [6.45, 7) is 3.67. The molecule has 1 atom stereocenters. The first kappa shape index (κ1) is 13.1. The Balaban J connectivity index is 2.36. The van der Waals surface area contributed by atoms with Crippen molar-refractivity contribution in [3.63, 3.8) is 0 Å². The van der Waals surface area contributed by atoms with Gasteiger partial charge in [0.05, 0.1) is 0 Å². The van der Waals surface area contributed by atoms with Crippen LogP contribution in [0.25, 0.3) is 0 Å². The van der Waals surface area contributed by atoms with Crippen molar-refractivity contribution in [3.8, 4) is 0 Å². The number of aliphatic carboxylic acids is 1. The summed E-state index contributed by atoms with van der Waals surface area (Å²) < 4.78 is 0. The maximum absolute atomic E-state index is 11.6. The molecule has 0 saturated carbocycles. The van der Waals surface area contributed by atoms with Gasteiger partial charge in [0.2, 0.25) is 0 Å². The van der Waals surface area contributed by atoms with E-state index in [-0.39, 0.29) is 0 Å². The fourth-order valence-electron chi connectivity index (χ4n) is 1.95. The molecule has 2 aromatic carbocycles. The highest BCUT2D eigenvalue weighted by Crippen LogP contribution is 2.26. The lowest BCUT2D eigenvalue weighted by Crippen LogP contribution is -2.40. The summed E-state index contributed by atoms with van der Waals surface area (Å²) in [7, 11) is 0. The van der Waals surface area contributed by atoms with Gasteiger partial charge in [-0.3, -0.25) is 0 Å². The summed E-state index contributed by atoms with van der Waals surface area (Å²) in [5, 5.41) is 12.6. The smallest absolute Gasteiger partial charge is 0.333 e. The van der Waals surface area contributed by atoms with Crippen LogP contribution in [-0.2, 0) is 10.3 Å². The number of nitrogens with one attached hydrogen (secondary N) is 1. The van der Waals surface area contributed by atoms with E-state index in [0.717, 1.165) is 16.8 Å². The van der Waals surface area contributed by atoms with Crippen molar-refractivity contribution in [2.24, 2.45) is 0 Å². The molecule has 0 aliphatic carbocycles. The zero-order valence-electron chi connectivity index (χ0n) is 11.1. The van der Waals surface area contributed by atoms with Crippen molar-refractivity contribution < 1.29 is 9.90 Å².